The van der Waals surface area contributed by atoms with E-state index in [4.69, 9.17) is 19.9 Å². The molecule has 2 bridgehead atoms. The van der Waals surface area contributed by atoms with Gasteiger partial charge in [0.15, 0.2) is 6.29 Å². The molecule has 0 aromatic carbocycles. The van der Waals surface area contributed by atoms with Crippen LogP contribution in [0.5, 0.6) is 0 Å². The molecule has 3 heterocycles. The highest BCUT2D eigenvalue weighted by Crippen LogP contribution is 2.28. The number of fused-ring (bicyclic) bond motifs is 6. The van der Waals surface area contributed by atoms with Crippen LogP contribution in [0.15, 0.2) is 0 Å². The second kappa shape index (κ2) is 11.1. The predicted octanol–water partition coefficient (Wildman–Crippen LogP) is 0.769. The van der Waals surface area contributed by atoms with Crippen molar-refractivity contribution in [3.63, 3.8) is 0 Å². The van der Waals surface area contributed by atoms with E-state index in [1.165, 1.54) is 0 Å². The highest BCUT2D eigenvalue weighted by Gasteiger charge is 2.46. The van der Waals surface area contributed by atoms with Crippen LogP contribution in [0.4, 0.5) is 0 Å². The first kappa shape index (κ1) is 21.4. The maximum absolute atomic E-state index is 10.2. The summed E-state index contributed by atoms with van der Waals surface area (Å²) in [7, 11) is 0. The van der Waals surface area contributed by atoms with Crippen LogP contribution in [-0.4, -0.2) is 72.2 Å². The van der Waals surface area contributed by atoms with Gasteiger partial charge in [-0.3, -0.25) is 0 Å². The molecule has 0 saturated carbocycles. The van der Waals surface area contributed by atoms with E-state index >= 15 is 0 Å². The van der Waals surface area contributed by atoms with Crippen LogP contribution in [0, 0.1) is 5.92 Å². The SMILES string of the molecule is CC(CCN)CCSCC1OC2OCCCOC1C(O)C2O.Cl. The van der Waals surface area contributed by atoms with E-state index < -0.39 is 24.6 Å². The molecule has 0 spiro atoms. The standard InChI is InChI=1S/C15H29NO5S.ClH/c1-10(3-5-16)4-8-22-9-11-14-12(17)13(18)15(21-11)20-7-2-6-19-14;/h10-15,17-18H,2-9,16H2,1H3;1H. The summed E-state index contributed by atoms with van der Waals surface area (Å²) >= 11 is 1.79. The maximum atomic E-state index is 10.2. The van der Waals surface area contributed by atoms with Crippen molar-refractivity contribution < 1.29 is 24.4 Å². The summed E-state index contributed by atoms with van der Waals surface area (Å²) in [6.45, 7) is 3.93. The zero-order valence-corrected chi connectivity index (χ0v) is 15.3. The zero-order chi connectivity index (χ0) is 15.9. The molecular formula is C15H30ClNO5S. The number of aliphatic hydroxyl groups is 2. The fourth-order valence-electron chi connectivity index (χ4n) is 2.77. The number of hydrogen-bond acceptors (Lipinski definition) is 7. The average Bonchev–Trinajstić information content (AvgIpc) is 2.63. The Morgan fingerprint density at radius 3 is 2.65 bits per heavy atom. The summed E-state index contributed by atoms with van der Waals surface area (Å²) in [5, 5.41) is 20.2. The van der Waals surface area contributed by atoms with E-state index in [0.29, 0.717) is 19.1 Å². The fraction of sp³-hybridized carbons (Fsp3) is 1.00. The third-order valence-corrected chi connectivity index (χ3v) is 5.31. The fourth-order valence-corrected chi connectivity index (χ4v) is 4.01. The summed E-state index contributed by atoms with van der Waals surface area (Å²) in [5.41, 5.74) is 5.56. The summed E-state index contributed by atoms with van der Waals surface area (Å²) in [4.78, 5) is 0. The summed E-state index contributed by atoms with van der Waals surface area (Å²) < 4.78 is 17.0. The Bertz CT molecular complexity index is 326. The lowest BCUT2D eigenvalue weighted by Crippen LogP contribution is -2.59. The average molecular weight is 372 g/mol. The number of thioether (sulfide) groups is 1. The lowest BCUT2D eigenvalue weighted by molar-refractivity contribution is -0.289. The lowest BCUT2D eigenvalue weighted by atomic mass is 10.00. The third kappa shape index (κ3) is 6.32. The number of halogens is 1. The molecule has 0 aromatic heterocycles. The molecule has 138 valence electrons. The van der Waals surface area contributed by atoms with Crippen molar-refractivity contribution in [1.29, 1.82) is 0 Å². The predicted molar refractivity (Wildman–Crippen MR) is 93.0 cm³/mol. The van der Waals surface area contributed by atoms with E-state index in [2.05, 4.69) is 6.92 Å². The molecule has 6 atom stereocenters. The lowest BCUT2D eigenvalue weighted by Gasteiger charge is -2.41. The minimum Gasteiger partial charge on any atom is -0.387 e. The van der Waals surface area contributed by atoms with Crippen molar-refractivity contribution in [1.82, 2.24) is 0 Å². The molecule has 0 aromatic rings. The van der Waals surface area contributed by atoms with E-state index in [9.17, 15) is 10.2 Å². The molecular weight excluding hydrogens is 342 g/mol. The number of rotatable bonds is 7. The van der Waals surface area contributed by atoms with Crippen LogP contribution < -0.4 is 5.73 Å². The molecule has 4 N–H and O–H groups in total. The second-order valence-corrected chi connectivity index (χ2v) is 7.28. The van der Waals surface area contributed by atoms with Crippen molar-refractivity contribution in [2.45, 2.75) is 56.9 Å². The molecule has 8 heteroatoms. The number of nitrogens with two attached hydrogens (primary N) is 1. The van der Waals surface area contributed by atoms with Gasteiger partial charge in [-0.25, -0.2) is 0 Å². The Hall–Kier alpha value is 0.400. The van der Waals surface area contributed by atoms with E-state index in [0.717, 1.165) is 37.3 Å². The zero-order valence-electron chi connectivity index (χ0n) is 13.6. The Kier molecular flexibility index (Phi) is 10.3. The van der Waals surface area contributed by atoms with Crippen LogP contribution in [0.3, 0.4) is 0 Å². The molecule has 3 fully saturated rings. The van der Waals surface area contributed by atoms with Crippen molar-refractivity contribution in [3.05, 3.63) is 0 Å². The summed E-state index contributed by atoms with van der Waals surface area (Å²) in [6, 6.07) is 0. The Morgan fingerprint density at radius 2 is 1.91 bits per heavy atom. The van der Waals surface area contributed by atoms with Crippen molar-refractivity contribution in [3.8, 4) is 0 Å². The second-order valence-electron chi connectivity index (χ2n) is 6.13. The van der Waals surface area contributed by atoms with Crippen LogP contribution in [0.25, 0.3) is 0 Å². The van der Waals surface area contributed by atoms with Crippen molar-refractivity contribution in [2.75, 3.05) is 31.3 Å². The van der Waals surface area contributed by atoms with Gasteiger partial charge in [-0.1, -0.05) is 6.92 Å². The van der Waals surface area contributed by atoms with Crippen molar-refractivity contribution in [2.24, 2.45) is 11.7 Å². The van der Waals surface area contributed by atoms with E-state index in [-0.39, 0.29) is 18.5 Å². The number of hydrogen-bond donors (Lipinski definition) is 3. The molecule has 6 unspecified atom stereocenters. The summed E-state index contributed by atoms with van der Waals surface area (Å²) in [5.74, 6) is 2.38. The molecule has 0 radical (unpaired) electrons. The van der Waals surface area contributed by atoms with Gasteiger partial charge in [0.2, 0.25) is 0 Å². The first-order chi connectivity index (χ1) is 10.6. The topological polar surface area (TPSA) is 94.2 Å². The van der Waals surface area contributed by atoms with Gasteiger partial charge in [-0.05, 0) is 37.5 Å². The largest absolute Gasteiger partial charge is 0.387 e. The van der Waals surface area contributed by atoms with Gasteiger partial charge in [0, 0.05) is 12.4 Å². The first-order valence-electron chi connectivity index (χ1n) is 8.16. The quantitative estimate of drug-likeness (QED) is 0.569. The first-order valence-corrected chi connectivity index (χ1v) is 9.31. The molecule has 3 aliphatic heterocycles. The van der Waals surface area contributed by atoms with Gasteiger partial charge in [-0.2, -0.15) is 11.8 Å². The maximum Gasteiger partial charge on any atom is 0.186 e. The van der Waals surface area contributed by atoms with Gasteiger partial charge in [0.05, 0.1) is 12.7 Å². The van der Waals surface area contributed by atoms with Crippen molar-refractivity contribution >= 4 is 24.2 Å². The minimum atomic E-state index is -1.05. The van der Waals surface area contributed by atoms with Gasteiger partial charge in [0.25, 0.3) is 0 Å². The Morgan fingerprint density at radius 1 is 1.17 bits per heavy atom. The molecule has 23 heavy (non-hydrogen) atoms. The Labute approximate surface area is 148 Å². The molecule has 6 nitrogen and oxygen atoms in total. The highest BCUT2D eigenvalue weighted by atomic mass is 35.5. The highest BCUT2D eigenvalue weighted by molar-refractivity contribution is 7.99. The summed E-state index contributed by atoms with van der Waals surface area (Å²) in [6.07, 6.45) is -0.592. The molecule has 3 saturated heterocycles. The van der Waals surface area contributed by atoms with Gasteiger partial charge in [0.1, 0.15) is 18.3 Å². The van der Waals surface area contributed by atoms with Crippen LogP contribution >= 0.6 is 24.2 Å². The van der Waals surface area contributed by atoms with Gasteiger partial charge in [-0.15, -0.1) is 12.4 Å². The van der Waals surface area contributed by atoms with Gasteiger partial charge >= 0.3 is 0 Å². The normalized spacial score (nSPS) is 35.7. The monoisotopic (exact) mass is 371 g/mol. The smallest absolute Gasteiger partial charge is 0.186 e. The van der Waals surface area contributed by atoms with Gasteiger partial charge < -0.3 is 30.2 Å². The van der Waals surface area contributed by atoms with E-state index in [1.807, 2.05) is 0 Å². The van der Waals surface area contributed by atoms with Crippen LogP contribution in [-0.2, 0) is 14.2 Å². The molecule has 3 rings (SSSR count). The number of aliphatic hydroxyl groups excluding tert-OH is 2. The Balaban J connectivity index is 0.00000264. The minimum absolute atomic E-state index is 0. The third-order valence-electron chi connectivity index (χ3n) is 4.22. The van der Waals surface area contributed by atoms with E-state index in [1.54, 1.807) is 11.8 Å². The molecule has 3 aliphatic rings. The van der Waals surface area contributed by atoms with Crippen LogP contribution in [0.2, 0.25) is 0 Å². The molecule has 0 amide bonds. The van der Waals surface area contributed by atoms with Crippen LogP contribution in [0.1, 0.15) is 26.2 Å². The number of ether oxygens (including phenoxy) is 3. The molecule has 0 aliphatic carbocycles.